The number of hydrogen-bond acceptors (Lipinski definition) is 4. The van der Waals surface area contributed by atoms with Crippen molar-refractivity contribution in [2.45, 2.75) is 20.3 Å². The summed E-state index contributed by atoms with van der Waals surface area (Å²) in [7, 11) is 0. The van der Waals surface area contributed by atoms with Crippen molar-refractivity contribution in [2.24, 2.45) is 0 Å². The van der Waals surface area contributed by atoms with Crippen LogP contribution in [0.15, 0.2) is 18.2 Å². The molecule has 0 N–H and O–H groups in total. The zero-order chi connectivity index (χ0) is 12.8. The summed E-state index contributed by atoms with van der Waals surface area (Å²) in [5.41, 5.74) is 0.495. The summed E-state index contributed by atoms with van der Waals surface area (Å²) in [5.74, 6) is -0.816. The van der Waals surface area contributed by atoms with Crippen molar-refractivity contribution in [1.82, 2.24) is 0 Å². The molecule has 0 atom stereocenters. The highest BCUT2D eigenvalue weighted by atomic mass is 16.5. The molecule has 0 aliphatic carbocycles. The van der Waals surface area contributed by atoms with Gasteiger partial charge in [-0.25, -0.2) is 4.79 Å². The van der Waals surface area contributed by atoms with E-state index in [1.54, 1.807) is 19.9 Å². The van der Waals surface area contributed by atoms with E-state index in [0.29, 0.717) is 6.29 Å². The van der Waals surface area contributed by atoms with Crippen LogP contribution >= 0.6 is 0 Å². The first-order valence-corrected chi connectivity index (χ1v) is 5.44. The van der Waals surface area contributed by atoms with Gasteiger partial charge in [-0.1, -0.05) is 25.1 Å². The quantitative estimate of drug-likeness (QED) is 0.445. The Morgan fingerprint density at radius 2 is 2.00 bits per heavy atom. The molecule has 0 saturated carbocycles. The van der Waals surface area contributed by atoms with E-state index >= 15 is 0 Å². The van der Waals surface area contributed by atoms with Crippen LogP contribution < -0.4 is 0 Å². The van der Waals surface area contributed by atoms with Gasteiger partial charge in [0.15, 0.2) is 12.1 Å². The number of ether oxygens (including phenoxy) is 1. The maximum atomic E-state index is 11.7. The number of carbonyl (C=O) groups excluding carboxylic acids is 3. The minimum Gasteiger partial charge on any atom is -0.462 e. The fourth-order valence-electron chi connectivity index (χ4n) is 1.52. The van der Waals surface area contributed by atoms with Crippen LogP contribution in [0.25, 0.3) is 0 Å². The Hall–Kier alpha value is -1.97. The van der Waals surface area contributed by atoms with E-state index in [2.05, 4.69) is 0 Å². The molecule has 1 aromatic rings. The summed E-state index contributed by atoms with van der Waals surface area (Å²) in [6.07, 6.45) is 0.827. The van der Waals surface area contributed by atoms with Gasteiger partial charge in [0.05, 0.1) is 12.2 Å². The van der Waals surface area contributed by atoms with Crippen LogP contribution in [-0.2, 0) is 4.74 Å². The van der Waals surface area contributed by atoms with Gasteiger partial charge in [0.1, 0.15) is 0 Å². The Balaban J connectivity index is 3.34. The molecule has 0 amide bonds. The van der Waals surface area contributed by atoms with Crippen molar-refractivity contribution in [2.75, 3.05) is 6.61 Å². The average molecular weight is 234 g/mol. The van der Waals surface area contributed by atoms with Crippen LogP contribution in [0, 0.1) is 0 Å². The van der Waals surface area contributed by atoms with Crippen molar-refractivity contribution >= 4 is 18.0 Å². The van der Waals surface area contributed by atoms with E-state index in [1.165, 1.54) is 12.1 Å². The normalized spacial score (nSPS) is 9.76. The monoisotopic (exact) mass is 234 g/mol. The van der Waals surface area contributed by atoms with Crippen LogP contribution in [0.4, 0.5) is 0 Å². The summed E-state index contributed by atoms with van der Waals surface area (Å²) in [5, 5.41) is 0. The summed E-state index contributed by atoms with van der Waals surface area (Å²) in [6, 6.07) is 4.60. The van der Waals surface area contributed by atoms with Gasteiger partial charge in [-0.2, -0.15) is 0 Å². The largest absolute Gasteiger partial charge is 0.462 e. The number of Topliss-reactive ketones (excluding diaryl/α,β-unsaturated/α-hetero) is 1. The minimum atomic E-state index is -0.632. The molecule has 0 fully saturated rings. The lowest BCUT2D eigenvalue weighted by molar-refractivity contribution is 0.0521. The number of aldehydes is 1. The molecule has 4 nitrogen and oxygen atoms in total. The van der Waals surface area contributed by atoms with Crippen LogP contribution in [-0.4, -0.2) is 24.6 Å². The molecule has 4 heteroatoms. The predicted molar refractivity (Wildman–Crippen MR) is 62.4 cm³/mol. The highest BCUT2D eigenvalue weighted by molar-refractivity contribution is 6.10. The molecule has 0 aliphatic rings. The number of esters is 1. The number of hydrogen-bond donors (Lipinski definition) is 0. The van der Waals surface area contributed by atoms with Crippen LogP contribution in [0.3, 0.4) is 0 Å². The Kier molecular flexibility index (Phi) is 4.57. The highest BCUT2D eigenvalue weighted by Crippen LogP contribution is 2.17. The standard InChI is InChI=1S/C13H14O4/c1-3-11(15)10-7-5-6-9(8-14)12(10)13(16)17-4-2/h5-8H,3-4H2,1-2H3. The number of rotatable bonds is 5. The third kappa shape index (κ3) is 2.78. The summed E-state index contributed by atoms with van der Waals surface area (Å²) in [4.78, 5) is 34.3. The molecular formula is C13H14O4. The number of ketones is 1. The van der Waals surface area contributed by atoms with Crippen molar-refractivity contribution in [3.8, 4) is 0 Å². The first kappa shape index (κ1) is 13.1. The Morgan fingerprint density at radius 1 is 1.29 bits per heavy atom. The topological polar surface area (TPSA) is 60.4 Å². The smallest absolute Gasteiger partial charge is 0.339 e. The lowest BCUT2D eigenvalue weighted by Gasteiger charge is -2.09. The molecule has 0 unspecified atom stereocenters. The van der Waals surface area contributed by atoms with E-state index < -0.39 is 5.97 Å². The third-order valence-corrected chi connectivity index (χ3v) is 2.32. The SMILES string of the molecule is CCOC(=O)c1c(C=O)cccc1C(=O)CC. The molecule has 0 heterocycles. The zero-order valence-corrected chi connectivity index (χ0v) is 9.86. The molecule has 0 radical (unpaired) electrons. The summed E-state index contributed by atoms with van der Waals surface area (Å²) in [6.45, 7) is 3.57. The van der Waals surface area contributed by atoms with Gasteiger partial charge in [-0.05, 0) is 6.92 Å². The summed E-state index contributed by atoms with van der Waals surface area (Å²) >= 11 is 0. The Labute approximate surface area is 99.6 Å². The third-order valence-electron chi connectivity index (χ3n) is 2.32. The predicted octanol–water partition coefficient (Wildman–Crippen LogP) is 2.27. The molecule has 0 spiro atoms. The molecule has 90 valence electrons. The molecule has 0 bridgehead atoms. The summed E-state index contributed by atoms with van der Waals surface area (Å²) < 4.78 is 4.86. The molecule has 0 aromatic heterocycles. The average Bonchev–Trinajstić information content (AvgIpc) is 2.37. The second kappa shape index (κ2) is 5.94. The highest BCUT2D eigenvalue weighted by Gasteiger charge is 2.20. The van der Waals surface area contributed by atoms with Gasteiger partial charge >= 0.3 is 5.97 Å². The van der Waals surface area contributed by atoms with E-state index in [-0.39, 0.29) is 35.5 Å². The second-order valence-electron chi connectivity index (χ2n) is 3.38. The van der Waals surface area contributed by atoms with Gasteiger partial charge in [0, 0.05) is 17.5 Å². The lowest BCUT2D eigenvalue weighted by atomic mass is 9.97. The lowest BCUT2D eigenvalue weighted by Crippen LogP contribution is -2.14. The van der Waals surface area contributed by atoms with E-state index in [9.17, 15) is 14.4 Å². The Bertz CT molecular complexity index is 449. The van der Waals surface area contributed by atoms with Crippen LogP contribution in [0.5, 0.6) is 0 Å². The van der Waals surface area contributed by atoms with Crippen molar-refractivity contribution in [3.63, 3.8) is 0 Å². The Morgan fingerprint density at radius 3 is 2.53 bits per heavy atom. The van der Waals surface area contributed by atoms with E-state index in [1.807, 2.05) is 0 Å². The van der Waals surface area contributed by atoms with E-state index in [0.717, 1.165) is 0 Å². The van der Waals surface area contributed by atoms with Gasteiger partial charge < -0.3 is 4.74 Å². The van der Waals surface area contributed by atoms with Crippen molar-refractivity contribution in [1.29, 1.82) is 0 Å². The van der Waals surface area contributed by atoms with Gasteiger partial charge in [0.2, 0.25) is 0 Å². The number of carbonyl (C=O) groups is 3. The molecule has 1 aromatic carbocycles. The first-order chi connectivity index (χ1) is 8.15. The van der Waals surface area contributed by atoms with Crippen LogP contribution in [0.1, 0.15) is 51.3 Å². The van der Waals surface area contributed by atoms with Gasteiger partial charge in [0.25, 0.3) is 0 Å². The molecule has 17 heavy (non-hydrogen) atoms. The first-order valence-electron chi connectivity index (χ1n) is 5.44. The number of benzene rings is 1. The van der Waals surface area contributed by atoms with E-state index in [4.69, 9.17) is 4.74 Å². The second-order valence-corrected chi connectivity index (χ2v) is 3.38. The fraction of sp³-hybridized carbons (Fsp3) is 0.308. The van der Waals surface area contributed by atoms with Crippen molar-refractivity contribution in [3.05, 3.63) is 34.9 Å². The minimum absolute atomic E-state index is 0.0659. The molecule has 0 saturated heterocycles. The van der Waals surface area contributed by atoms with Crippen molar-refractivity contribution < 1.29 is 19.1 Å². The molecular weight excluding hydrogens is 220 g/mol. The zero-order valence-electron chi connectivity index (χ0n) is 9.86. The maximum Gasteiger partial charge on any atom is 0.339 e. The molecule has 1 rings (SSSR count). The van der Waals surface area contributed by atoms with Gasteiger partial charge in [-0.3, -0.25) is 9.59 Å². The van der Waals surface area contributed by atoms with Crippen LogP contribution in [0.2, 0.25) is 0 Å². The molecule has 0 aliphatic heterocycles. The maximum absolute atomic E-state index is 11.7. The van der Waals surface area contributed by atoms with Gasteiger partial charge in [-0.15, -0.1) is 0 Å². The fourth-order valence-corrected chi connectivity index (χ4v) is 1.52.